The summed E-state index contributed by atoms with van der Waals surface area (Å²) in [4.78, 5) is 0. The zero-order valence-electron chi connectivity index (χ0n) is 9.51. The molecule has 14 heavy (non-hydrogen) atoms. The summed E-state index contributed by atoms with van der Waals surface area (Å²) in [5.74, 6) is 2.74. The molecule has 0 amide bonds. The van der Waals surface area contributed by atoms with E-state index >= 15 is 0 Å². The van der Waals surface area contributed by atoms with Crippen LogP contribution in [0.15, 0.2) is 0 Å². The second-order valence-electron chi connectivity index (χ2n) is 5.46. The van der Waals surface area contributed by atoms with Crippen molar-refractivity contribution >= 4 is 0 Å². The molecule has 0 nitrogen and oxygen atoms in total. The van der Waals surface area contributed by atoms with Crippen LogP contribution in [0.25, 0.3) is 0 Å². The molecule has 0 heteroatoms. The second-order valence-corrected chi connectivity index (χ2v) is 5.46. The van der Waals surface area contributed by atoms with Gasteiger partial charge in [-0.05, 0) is 24.7 Å². The van der Waals surface area contributed by atoms with Crippen LogP contribution in [0.3, 0.4) is 0 Å². The highest BCUT2D eigenvalue weighted by atomic mass is 14.3. The van der Waals surface area contributed by atoms with Crippen LogP contribution in [0.4, 0.5) is 0 Å². The molecule has 1 radical (unpaired) electrons. The Bertz CT molecular complexity index is 131. The maximum atomic E-state index is 4.49. The Morgan fingerprint density at radius 3 is 1.36 bits per heavy atom. The van der Waals surface area contributed by atoms with Crippen molar-refractivity contribution in [3.05, 3.63) is 6.92 Å². The Hall–Kier alpha value is 0. The van der Waals surface area contributed by atoms with Crippen molar-refractivity contribution in [2.75, 3.05) is 0 Å². The van der Waals surface area contributed by atoms with E-state index in [0.717, 1.165) is 17.8 Å². The lowest BCUT2D eigenvalue weighted by Gasteiger charge is -2.35. The fourth-order valence-corrected chi connectivity index (χ4v) is 3.51. The van der Waals surface area contributed by atoms with Crippen molar-refractivity contribution in [2.24, 2.45) is 17.8 Å². The van der Waals surface area contributed by atoms with Gasteiger partial charge in [-0.15, -0.1) is 0 Å². The van der Waals surface area contributed by atoms with Gasteiger partial charge in [0.2, 0.25) is 0 Å². The minimum Gasteiger partial charge on any atom is -0.0533 e. The van der Waals surface area contributed by atoms with Gasteiger partial charge in [0.15, 0.2) is 0 Å². The first-order chi connectivity index (χ1) is 6.88. The summed E-state index contributed by atoms with van der Waals surface area (Å²) in [6.07, 6.45) is 14.8. The van der Waals surface area contributed by atoms with Crippen LogP contribution in [0.5, 0.6) is 0 Å². The maximum absolute atomic E-state index is 4.49. The van der Waals surface area contributed by atoms with Crippen molar-refractivity contribution < 1.29 is 0 Å². The number of hydrogen-bond acceptors (Lipinski definition) is 0. The Morgan fingerprint density at radius 2 is 1.00 bits per heavy atom. The molecule has 0 unspecified atom stereocenters. The standard InChI is InChI=1S/C14H25/c1-12(13-8-4-2-5-9-13)14-10-6-3-7-11-14/h12-14H,1-11H2. The minimum atomic E-state index is 0.788. The number of rotatable bonds is 2. The lowest BCUT2D eigenvalue weighted by molar-refractivity contribution is 0.179. The summed E-state index contributed by atoms with van der Waals surface area (Å²) < 4.78 is 0. The predicted molar refractivity (Wildman–Crippen MR) is 62.0 cm³/mol. The molecule has 0 atom stereocenters. The second kappa shape index (κ2) is 5.19. The van der Waals surface area contributed by atoms with Gasteiger partial charge in [0.05, 0.1) is 0 Å². The monoisotopic (exact) mass is 193 g/mol. The fraction of sp³-hybridized carbons (Fsp3) is 0.929. The molecule has 0 N–H and O–H groups in total. The molecule has 0 aliphatic heterocycles. The van der Waals surface area contributed by atoms with Gasteiger partial charge in [-0.3, -0.25) is 0 Å². The first kappa shape index (κ1) is 10.5. The molecule has 0 aromatic rings. The van der Waals surface area contributed by atoms with Gasteiger partial charge in [0.25, 0.3) is 0 Å². The third kappa shape index (κ3) is 2.52. The first-order valence-corrected chi connectivity index (χ1v) is 6.71. The van der Waals surface area contributed by atoms with Gasteiger partial charge in [0, 0.05) is 0 Å². The SMILES string of the molecule is [CH2]C(C1CCCCC1)C1CCCCC1. The molecule has 0 aromatic heterocycles. The molecular formula is C14H25. The molecule has 0 heterocycles. The van der Waals surface area contributed by atoms with Crippen LogP contribution < -0.4 is 0 Å². The molecule has 0 spiro atoms. The fourth-order valence-electron chi connectivity index (χ4n) is 3.51. The van der Waals surface area contributed by atoms with Crippen LogP contribution in [0.2, 0.25) is 0 Å². The third-order valence-corrected chi connectivity index (χ3v) is 4.51. The minimum absolute atomic E-state index is 0.788. The van der Waals surface area contributed by atoms with E-state index in [4.69, 9.17) is 0 Å². The summed E-state index contributed by atoms with van der Waals surface area (Å²) in [5.41, 5.74) is 0. The highest BCUT2D eigenvalue weighted by molar-refractivity contribution is 4.82. The smallest absolute Gasteiger partial charge is 0.0357 e. The van der Waals surface area contributed by atoms with E-state index in [9.17, 15) is 0 Å². The zero-order valence-corrected chi connectivity index (χ0v) is 9.51. The van der Waals surface area contributed by atoms with Gasteiger partial charge in [-0.2, -0.15) is 0 Å². The molecule has 81 valence electrons. The highest BCUT2D eigenvalue weighted by Crippen LogP contribution is 2.39. The average molecular weight is 193 g/mol. The Morgan fingerprint density at radius 1 is 0.643 bits per heavy atom. The van der Waals surface area contributed by atoms with E-state index in [1.165, 1.54) is 64.2 Å². The summed E-state index contributed by atoms with van der Waals surface area (Å²) in [5, 5.41) is 0. The number of hydrogen-bond donors (Lipinski definition) is 0. The van der Waals surface area contributed by atoms with Crippen LogP contribution in [0, 0.1) is 24.7 Å². The van der Waals surface area contributed by atoms with Crippen LogP contribution in [-0.4, -0.2) is 0 Å². The van der Waals surface area contributed by atoms with E-state index in [1.807, 2.05) is 0 Å². The third-order valence-electron chi connectivity index (χ3n) is 4.51. The van der Waals surface area contributed by atoms with Crippen LogP contribution >= 0.6 is 0 Å². The van der Waals surface area contributed by atoms with Gasteiger partial charge in [-0.25, -0.2) is 0 Å². The first-order valence-electron chi connectivity index (χ1n) is 6.71. The van der Waals surface area contributed by atoms with Crippen LogP contribution in [-0.2, 0) is 0 Å². The maximum Gasteiger partial charge on any atom is -0.0357 e. The van der Waals surface area contributed by atoms with Crippen molar-refractivity contribution in [1.82, 2.24) is 0 Å². The van der Waals surface area contributed by atoms with Crippen molar-refractivity contribution in [2.45, 2.75) is 64.2 Å². The molecule has 2 saturated carbocycles. The molecule has 2 rings (SSSR count). The molecule has 2 aliphatic carbocycles. The van der Waals surface area contributed by atoms with Gasteiger partial charge in [0.1, 0.15) is 0 Å². The quantitative estimate of drug-likeness (QED) is 0.601. The topological polar surface area (TPSA) is 0 Å². The van der Waals surface area contributed by atoms with Crippen molar-refractivity contribution in [3.8, 4) is 0 Å². The summed E-state index contributed by atoms with van der Waals surface area (Å²) in [6, 6.07) is 0. The average Bonchev–Trinajstić information content (AvgIpc) is 2.30. The summed E-state index contributed by atoms with van der Waals surface area (Å²) >= 11 is 0. The Kier molecular flexibility index (Phi) is 3.89. The lowest BCUT2D eigenvalue weighted by Crippen LogP contribution is -2.24. The molecule has 0 saturated heterocycles. The zero-order chi connectivity index (χ0) is 9.80. The van der Waals surface area contributed by atoms with E-state index in [1.54, 1.807) is 0 Å². The summed E-state index contributed by atoms with van der Waals surface area (Å²) in [6.45, 7) is 4.49. The van der Waals surface area contributed by atoms with Crippen molar-refractivity contribution in [3.63, 3.8) is 0 Å². The molecule has 2 aliphatic rings. The van der Waals surface area contributed by atoms with Crippen LogP contribution in [0.1, 0.15) is 64.2 Å². The van der Waals surface area contributed by atoms with Gasteiger partial charge >= 0.3 is 0 Å². The Balaban J connectivity index is 1.82. The normalized spacial score (nSPS) is 27.0. The van der Waals surface area contributed by atoms with E-state index in [-0.39, 0.29) is 0 Å². The summed E-state index contributed by atoms with van der Waals surface area (Å²) in [7, 11) is 0. The highest BCUT2D eigenvalue weighted by Gasteiger charge is 2.27. The van der Waals surface area contributed by atoms with Gasteiger partial charge in [-0.1, -0.05) is 64.2 Å². The largest absolute Gasteiger partial charge is 0.0533 e. The van der Waals surface area contributed by atoms with E-state index in [0.29, 0.717) is 0 Å². The predicted octanol–water partition coefficient (Wildman–Crippen LogP) is 4.60. The lowest BCUT2D eigenvalue weighted by atomic mass is 9.71. The molecule has 0 aromatic carbocycles. The molecule has 0 bridgehead atoms. The van der Waals surface area contributed by atoms with E-state index in [2.05, 4.69) is 6.92 Å². The Labute approximate surface area is 89.5 Å². The van der Waals surface area contributed by atoms with Gasteiger partial charge < -0.3 is 0 Å². The van der Waals surface area contributed by atoms with Crippen molar-refractivity contribution in [1.29, 1.82) is 0 Å². The van der Waals surface area contributed by atoms with E-state index < -0.39 is 0 Å². The molecular weight excluding hydrogens is 168 g/mol. The molecule has 2 fully saturated rings.